The Morgan fingerprint density at radius 1 is 1.21 bits per heavy atom. The largest absolute Gasteiger partial charge is 0.480 e. The number of hydrogen-bond donors (Lipinski definition) is 4. The lowest BCUT2D eigenvalue weighted by atomic mass is 10.1. The summed E-state index contributed by atoms with van der Waals surface area (Å²) in [6.45, 7) is 4.69. The number of amides is 1. The van der Waals surface area contributed by atoms with Gasteiger partial charge in [-0.15, -0.1) is 0 Å². The first kappa shape index (κ1) is 27.2. The summed E-state index contributed by atoms with van der Waals surface area (Å²) in [6.07, 6.45) is 3.04. The highest BCUT2D eigenvalue weighted by molar-refractivity contribution is 7.89. The number of aromatic amines is 1. The highest BCUT2D eigenvalue weighted by atomic mass is 32.2. The van der Waals surface area contributed by atoms with E-state index in [-0.39, 0.29) is 11.3 Å². The van der Waals surface area contributed by atoms with E-state index < -0.39 is 40.6 Å². The fourth-order valence-electron chi connectivity index (χ4n) is 4.52. The average Bonchev–Trinajstić information content (AvgIpc) is 3.47. The van der Waals surface area contributed by atoms with Crippen LogP contribution in [0.3, 0.4) is 0 Å². The second kappa shape index (κ2) is 11.3. The number of sulfonamides is 1. The molecule has 0 fully saturated rings. The molecule has 0 aliphatic carbocycles. The fourth-order valence-corrected chi connectivity index (χ4v) is 6.16. The predicted molar refractivity (Wildman–Crippen MR) is 139 cm³/mol. The van der Waals surface area contributed by atoms with Crippen molar-refractivity contribution in [1.29, 1.82) is 0 Å². The van der Waals surface area contributed by atoms with Gasteiger partial charge in [0.15, 0.2) is 5.65 Å². The summed E-state index contributed by atoms with van der Waals surface area (Å²) < 4.78 is 28.1. The third-order valence-electron chi connectivity index (χ3n) is 6.16. The van der Waals surface area contributed by atoms with Crippen molar-refractivity contribution in [2.45, 2.75) is 63.5 Å². The van der Waals surface area contributed by atoms with Gasteiger partial charge in [-0.05, 0) is 56.9 Å². The molecule has 38 heavy (non-hydrogen) atoms. The highest BCUT2D eigenvalue weighted by Gasteiger charge is 2.31. The maximum absolute atomic E-state index is 13.0. The molecule has 1 aliphatic heterocycles. The van der Waals surface area contributed by atoms with E-state index in [2.05, 4.69) is 30.1 Å². The van der Waals surface area contributed by atoms with Gasteiger partial charge in [0.05, 0.1) is 16.1 Å². The first-order valence-corrected chi connectivity index (χ1v) is 13.6. The number of aromatic nitrogens is 3. The summed E-state index contributed by atoms with van der Waals surface area (Å²) >= 11 is 0. The summed E-state index contributed by atoms with van der Waals surface area (Å²) in [4.78, 5) is 41.5. The summed E-state index contributed by atoms with van der Waals surface area (Å²) in [5.41, 5.74) is 4.14. The molecule has 2 aromatic heterocycles. The number of aryl methyl sites for hydroxylation is 4. The number of nitrogens with zero attached hydrogens (tertiary/aromatic N) is 3. The van der Waals surface area contributed by atoms with Gasteiger partial charge in [-0.3, -0.25) is 9.59 Å². The number of pyridine rings is 1. The molecule has 4 N–H and O–H groups in total. The second-order valence-electron chi connectivity index (χ2n) is 9.35. The van der Waals surface area contributed by atoms with Crippen LogP contribution < -0.4 is 10.0 Å². The molecule has 3 heterocycles. The quantitative estimate of drug-likeness (QED) is 0.284. The number of carboxylic acid groups (broad SMARTS) is 1. The minimum atomic E-state index is -4.15. The normalized spacial score (nSPS) is 16.2. The Labute approximate surface area is 219 Å². The zero-order valence-corrected chi connectivity index (χ0v) is 22.1. The maximum atomic E-state index is 13.0. The standard InChI is InChI=1S/C25H30N6O6S/c1-14-10-15(2)22(16(3)11-14)38(35,36)31-19(25(33)34)13-27-24(32)20-12-17(30-37-20)6-4-8-21-28-18-7-5-9-26-23(18)29-21/h5,7,9-11,19-20,31H,4,6,8,12-13H2,1-3H3,(H,27,32)(H,33,34)(H,26,28,29). The molecule has 0 saturated heterocycles. The van der Waals surface area contributed by atoms with Crippen molar-refractivity contribution < 1.29 is 28.0 Å². The van der Waals surface area contributed by atoms with Crippen LogP contribution in [-0.2, 0) is 30.9 Å². The number of aliphatic carboxylic acids is 1. The third kappa shape index (κ3) is 6.34. The lowest BCUT2D eigenvalue weighted by Gasteiger charge is -2.19. The van der Waals surface area contributed by atoms with E-state index >= 15 is 0 Å². The molecule has 0 bridgehead atoms. The lowest BCUT2D eigenvalue weighted by molar-refractivity contribution is -0.139. The molecule has 202 valence electrons. The molecule has 0 radical (unpaired) electrons. The van der Waals surface area contributed by atoms with Crippen LogP contribution in [0.5, 0.6) is 0 Å². The Bertz CT molecular complexity index is 1440. The monoisotopic (exact) mass is 542 g/mol. The lowest BCUT2D eigenvalue weighted by Crippen LogP contribution is -2.50. The van der Waals surface area contributed by atoms with E-state index in [0.29, 0.717) is 35.3 Å². The van der Waals surface area contributed by atoms with Crippen LogP contribution in [0.15, 0.2) is 40.5 Å². The molecule has 1 aromatic carbocycles. The number of imidazole rings is 1. The average molecular weight is 543 g/mol. The number of H-pyrrole nitrogens is 1. The Balaban J connectivity index is 1.27. The number of carboxylic acids is 1. The van der Waals surface area contributed by atoms with Crippen molar-refractivity contribution in [3.05, 3.63) is 53.0 Å². The highest BCUT2D eigenvalue weighted by Crippen LogP contribution is 2.22. The van der Waals surface area contributed by atoms with Gasteiger partial charge in [0.1, 0.15) is 11.9 Å². The SMILES string of the molecule is Cc1cc(C)c(S(=O)(=O)NC(CNC(=O)C2CC(CCCc3nc4ncccc4[nH]3)=NO2)C(=O)O)c(C)c1. The van der Waals surface area contributed by atoms with Gasteiger partial charge in [-0.2, -0.15) is 4.72 Å². The fraction of sp³-hybridized carbons (Fsp3) is 0.400. The molecule has 0 saturated carbocycles. The smallest absolute Gasteiger partial charge is 0.323 e. The number of carbonyl (C=O) groups is 2. The summed E-state index contributed by atoms with van der Waals surface area (Å²) in [5, 5.41) is 16.0. The minimum Gasteiger partial charge on any atom is -0.480 e. The van der Waals surface area contributed by atoms with E-state index in [9.17, 15) is 23.1 Å². The van der Waals surface area contributed by atoms with Crippen LogP contribution in [0.25, 0.3) is 11.2 Å². The predicted octanol–water partition coefficient (Wildman–Crippen LogP) is 1.90. The molecule has 1 amide bonds. The van der Waals surface area contributed by atoms with Crippen LogP contribution in [-0.4, -0.2) is 64.8 Å². The van der Waals surface area contributed by atoms with Crippen molar-refractivity contribution in [3.63, 3.8) is 0 Å². The molecule has 0 spiro atoms. The van der Waals surface area contributed by atoms with Crippen molar-refractivity contribution in [3.8, 4) is 0 Å². The molecule has 2 unspecified atom stereocenters. The van der Waals surface area contributed by atoms with Crippen LogP contribution in [0.4, 0.5) is 0 Å². The van der Waals surface area contributed by atoms with Gasteiger partial charge in [0.2, 0.25) is 16.1 Å². The van der Waals surface area contributed by atoms with E-state index in [1.54, 1.807) is 32.2 Å². The van der Waals surface area contributed by atoms with Gasteiger partial charge < -0.3 is 20.2 Å². The van der Waals surface area contributed by atoms with Gasteiger partial charge in [-0.25, -0.2) is 18.4 Å². The molecular weight excluding hydrogens is 512 g/mol. The van der Waals surface area contributed by atoms with Crippen molar-refractivity contribution in [2.24, 2.45) is 5.16 Å². The van der Waals surface area contributed by atoms with Crippen LogP contribution >= 0.6 is 0 Å². The Hall–Kier alpha value is -3.84. The van der Waals surface area contributed by atoms with Crippen LogP contribution in [0.1, 0.15) is 41.8 Å². The summed E-state index contributed by atoms with van der Waals surface area (Å²) in [6, 6.07) is 5.59. The number of hydrogen-bond acceptors (Lipinski definition) is 8. The van der Waals surface area contributed by atoms with Gasteiger partial charge >= 0.3 is 5.97 Å². The first-order valence-electron chi connectivity index (χ1n) is 12.2. The number of fused-ring (bicyclic) bond motifs is 1. The van der Waals surface area contributed by atoms with E-state index in [4.69, 9.17) is 4.84 Å². The Morgan fingerprint density at radius 3 is 2.63 bits per heavy atom. The van der Waals surface area contributed by atoms with Crippen LogP contribution in [0.2, 0.25) is 0 Å². The van der Waals surface area contributed by atoms with Crippen molar-refractivity contribution in [2.75, 3.05) is 6.54 Å². The third-order valence-corrected chi connectivity index (χ3v) is 7.93. The number of rotatable bonds is 11. The van der Waals surface area contributed by atoms with Gasteiger partial charge in [0, 0.05) is 25.6 Å². The number of benzene rings is 1. The number of carbonyl (C=O) groups excluding carboxylic acids is 1. The summed E-state index contributed by atoms with van der Waals surface area (Å²) in [5.74, 6) is -1.17. The minimum absolute atomic E-state index is 0.0248. The Morgan fingerprint density at radius 2 is 1.95 bits per heavy atom. The molecule has 4 rings (SSSR count). The number of oxime groups is 1. The molecule has 1 aliphatic rings. The summed E-state index contributed by atoms with van der Waals surface area (Å²) in [7, 11) is -4.15. The van der Waals surface area contributed by atoms with Crippen molar-refractivity contribution in [1.82, 2.24) is 25.0 Å². The topological polar surface area (TPSA) is 176 Å². The Kier molecular flexibility index (Phi) is 8.07. The molecule has 13 heteroatoms. The second-order valence-corrected chi connectivity index (χ2v) is 11.0. The van der Waals surface area contributed by atoms with Gasteiger partial charge in [-0.1, -0.05) is 22.9 Å². The maximum Gasteiger partial charge on any atom is 0.323 e. The number of nitrogens with one attached hydrogen (secondary N) is 3. The first-order chi connectivity index (χ1) is 18.0. The zero-order valence-electron chi connectivity index (χ0n) is 21.3. The zero-order chi connectivity index (χ0) is 27.4. The molecule has 3 aromatic rings. The van der Waals surface area contributed by atoms with E-state index in [1.165, 1.54) is 0 Å². The molecule has 12 nitrogen and oxygen atoms in total. The van der Waals surface area contributed by atoms with E-state index in [0.717, 1.165) is 23.3 Å². The van der Waals surface area contributed by atoms with Crippen molar-refractivity contribution >= 4 is 38.8 Å². The molecule has 2 atom stereocenters. The molecular formula is C25H30N6O6S. The van der Waals surface area contributed by atoms with Gasteiger partial charge in [0.25, 0.3) is 5.91 Å². The van der Waals surface area contributed by atoms with Crippen LogP contribution in [0, 0.1) is 20.8 Å². The van der Waals surface area contributed by atoms with E-state index in [1.807, 2.05) is 19.1 Å².